The van der Waals surface area contributed by atoms with Crippen molar-refractivity contribution in [3.05, 3.63) is 33.9 Å². The number of nitrogens with zero attached hydrogens (tertiary/aromatic N) is 2. The Labute approximate surface area is 127 Å². The summed E-state index contributed by atoms with van der Waals surface area (Å²) in [7, 11) is 2.51. The third kappa shape index (κ3) is 3.59. The average molecular weight is 310 g/mol. The molecule has 120 valence electrons. The van der Waals surface area contributed by atoms with E-state index in [1.165, 1.54) is 33.3 Å². The number of rotatable bonds is 6. The zero-order chi connectivity index (χ0) is 16.9. The van der Waals surface area contributed by atoms with Gasteiger partial charge >= 0.3 is 5.97 Å². The molecule has 8 nitrogen and oxygen atoms in total. The minimum atomic E-state index is -1.02. The van der Waals surface area contributed by atoms with Crippen LogP contribution in [0.5, 0.6) is 0 Å². The van der Waals surface area contributed by atoms with Crippen molar-refractivity contribution in [3.63, 3.8) is 0 Å². The van der Waals surface area contributed by atoms with Gasteiger partial charge in [0.25, 0.3) is 11.6 Å². The van der Waals surface area contributed by atoms with Crippen LogP contribution in [0.1, 0.15) is 12.5 Å². The molecule has 0 aromatic heterocycles. The highest BCUT2D eigenvalue weighted by Crippen LogP contribution is 2.33. The van der Waals surface area contributed by atoms with Gasteiger partial charge in [-0.25, -0.2) is 4.79 Å². The van der Waals surface area contributed by atoms with E-state index < -0.39 is 22.8 Å². The van der Waals surface area contributed by atoms with Gasteiger partial charge in [-0.15, -0.1) is 0 Å². The molecule has 1 amide bonds. The van der Waals surface area contributed by atoms with Crippen LogP contribution in [-0.4, -0.2) is 43.7 Å². The highest BCUT2D eigenvalue weighted by atomic mass is 16.6. The summed E-state index contributed by atoms with van der Waals surface area (Å²) in [5.41, 5.74) is 0.294. The standard InChI is InChI=1S/C14H18N2O6/c1-9-6-5-7-11(16(19)20)13(9)15(12(17)8-21-3)10(2)14(18)22-4/h5-7,10H,8H2,1-4H3. The molecule has 0 fully saturated rings. The van der Waals surface area contributed by atoms with Gasteiger partial charge in [0.2, 0.25) is 0 Å². The van der Waals surface area contributed by atoms with E-state index in [0.29, 0.717) is 5.56 Å². The first-order valence-corrected chi connectivity index (χ1v) is 6.48. The molecule has 1 atom stereocenters. The molecule has 0 aliphatic rings. The molecule has 0 bridgehead atoms. The number of ether oxygens (including phenoxy) is 2. The third-order valence-electron chi connectivity index (χ3n) is 3.12. The Balaban J connectivity index is 3.48. The normalized spacial score (nSPS) is 11.6. The topological polar surface area (TPSA) is 99.0 Å². The van der Waals surface area contributed by atoms with Gasteiger partial charge in [0, 0.05) is 13.2 Å². The summed E-state index contributed by atoms with van der Waals surface area (Å²) >= 11 is 0. The van der Waals surface area contributed by atoms with E-state index in [0.717, 1.165) is 4.90 Å². The quantitative estimate of drug-likeness (QED) is 0.448. The molecule has 0 aliphatic heterocycles. The molecular formula is C14H18N2O6. The minimum absolute atomic E-state index is 0.0625. The third-order valence-corrected chi connectivity index (χ3v) is 3.12. The molecule has 0 saturated heterocycles. The summed E-state index contributed by atoms with van der Waals surface area (Å²) in [6, 6.07) is 3.39. The first-order valence-electron chi connectivity index (χ1n) is 6.48. The molecule has 8 heteroatoms. The van der Waals surface area contributed by atoms with E-state index in [9.17, 15) is 19.7 Å². The smallest absolute Gasteiger partial charge is 0.328 e. The molecule has 0 radical (unpaired) electrons. The van der Waals surface area contributed by atoms with E-state index >= 15 is 0 Å². The number of hydrogen-bond acceptors (Lipinski definition) is 6. The van der Waals surface area contributed by atoms with Crippen LogP contribution in [-0.2, 0) is 19.1 Å². The lowest BCUT2D eigenvalue weighted by molar-refractivity contribution is -0.384. The number of nitro groups is 1. The second kappa shape index (κ2) is 7.51. The summed E-state index contributed by atoms with van der Waals surface area (Å²) in [5.74, 6) is -1.25. The van der Waals surface area contributed by atoms with Crippen LogP contribution in [0.2, 0.25) is 0 Å². The van der Waals surface area contributed by atoms with Gasteiger partial charge in [0.15, 0.2) is 0 Å². The van der Waals surface area contributed by atoms with Gasteiger partial charge in [-0.2, -0.15) is 0 Å². The van der Waals surface area contributed by atoms with Crippen molar-refractivity contribution in [1.82, 2.24) is 0 Å². The highest BCUT2D eigenvalue weighted by molar-refractivity contribution is 6.02. The number of nitro benzene ring substituents is 1. The summed E-state index contributed by atoms with van der Waals surface area (Å²) in [5, 5.41) is 11.2. The predicted octanol–water partition coefficient (Wildman–Crippen LogP) is 1.44. The molecule has 0 spiro atoms. The van der Waals surface area contributed by atoms with Gasteiger partial charge in [-0.1, -0.05) is 12.1 Å². The number of anilines is 1. The Morgan fingerprint density at radius 1 is 1.36 bits per heavy atom. The SMILES string of the molecule is COCC(=O)N(c1c(C)cccc1[N+](=O)[O-])C(C)C(=O)OC. The van der Waals surface area contributed by atoms with Crippen molar-refractivity contribution in [1.29, 1.82) is 0 Å². The highest BCUT2D eigenvalue weighted by Gasteiger charge is 2.33. The van der Waals surface area contributed by atoms with Crippen LogP contribution in [0, 0.1) is 17.0 Å². The molecule has 1 aromatic carbocycles. The molecule has 0 heterocycles. The van der Waals surface area contributed by atoms with Crippen molar-refractivity contribution in [2.24, 2.45) is 0 Å². The van der Waals surface area contributed by atoms with Crippen molar-refractivity contribution in [2.45, 2.75) is 19.9 Å². The van der Waals surface area contributed by atoms with Gasteiger partial charge in [0.1, 0.15) is 18.3 Å². The average Bonchev–Trinajstić information content (AvgIpc) is 2.48. The van der Waals surface area contributed by atoms with Crippen LogP contribution in [0.15, 0.2) is 18.2 Å². The van der Waals surface area contributed by atoms with Crippen LogP contribution in [0.25, 0.3) is 0 Å². The largest absolute Gasteiger partial charge is 0.467 e. The maximum Gasteiger partial charge on any atom is 0.328 e. The predicted molar refractivity (Wildman–Crippen MR) is 78.7 cm³/mol. The lowest BCUT2D eigenvalue weighted by Crippen LogP contribution is -2.46. The fourth-order valence-electron chi connectivity index (χ4n) is 2.11. The Kier molecular flexibility index (Phi) is 6.00. The number of carbonyl (C=O) groups excluding carboxylic acids is 2. The first kappa shape index (κ1) is 17.6. The van der Waals surface area contributed by atoms with E-state index in [-0.39, 0.29) is 18.0 Å². The Morgan fingerprint density at radius 2 is 2.00 bits per heavy atom. The second-order valence-electron chi connectivity index (χ2n) is 4.60. The van der Waals surface area contributed by atoms with Crippen LogP contribution in [0.4, 0.5) is 11.4 Å². The van der Waals surface area contributed by atoms with E-state index in [1.54, 1.807) is 13.0 Å². The number of methoxy groups -OCH3 is 2. The van der Waals surface area contributed by atoms with Crippen molar-refractivity contribution >= 4 is 23.3 Å². The second-order valence-corrected chi connectivity index (χ2v) is 4.60. The number of amides is 1. The summed E-state index contributed by atoms with van der Waals surface area (Å²) in [4.78, 5) is 35.8. The van der Waals surface area contributed by atoms with E-state index in [1.807, 2.05) is 0 Å². The monoisotopic (exact) mass is 310 g/mol. The fourth-order valence-corrected chi connectivity index (χ4v) is 2.11. The van der Waals surface area contributed by atoms with E-state index in [2.05, 4.69) is 4.74 Å². The molecule has 22 heavy (non-hydrogen) atoms. The Bertz CT molecular complexity index is 587. The molecule has 1 unspecified atom stereocenters. The lowest BCUT2D eigenvalue weighted by Gasteiger charge is -2.28. The molecular weight excluding hydrogens is 292 g/mol. The van der Waals surface area contributed by atoms with Crippen molar-refractivity contribution in [3.8, 4) is 0 Å². The summed E-state index contributed by atoms with van der Waals surface area (Å²) in [6.07, 6.45) is 0. The molecule has 1 rings (SSSR count). The molecule has 0 aliphatic carbocycles. The van der Waals surface area contributed by atoms with Crippen LogP contribution >= 0.6 is 0 Å². The Hall–Kier alpha value is -2.48. The molecule has 1 aromatic rings. The van der Waals surface area contributed by atoms with Crippen LogP contribution in [0.3, 0.4) is 0 Å². The number of hydrogen-bond donors (Lipinski definition) is 0. The summed E-state index contributed by atoms with van der Waals surface area (Å²) in [6.45, 7) is 2.75. The van der Waals surface area contributed by atoms with Crippen molar-refractivity contribution in [2.75, 3.05) is 25.7 Å². The fraction of sp³-hybridized carbons (Fsp3) is 0.429. The Morgan fingerprint density at radius 3 is 2.50 bits per heavy atom. The van der Waals surface area contributed by atoms with Crippen molar-refractivity contribution < 1.29 is 24.0 Å². The van der Waals surface area contributed by atoms with E-state index in [4.69, 9.17) is 4.74 Å². The number of para-hydroxylation sites is 1. The molecule has 0 N–H and O–H groups in total. The number of carbonyl (C=O) groups is 2. The zero-order valence-corrected chi connectivity index (χ0v) is 12.9. The van der Waals surface area contributed by atoms with Gasteiger partial charge in [0.05, 0.1) is 12.0 Å². The van der Waals surface area contributed by atoms with Crippen LogP contribution < -0.4 is 4.90 Å². The van der Waals surface area contributed by atoms with Gasteiger partial charge in [-0.05, 0) is 19.4 Å². The lowest BCUT2D eigenvalue weighted by atomic mass is 10.1. The molecule has 0 saturated carbocycles. The number of benzene rings is 1. The van der Waals surface area contributed by atoms with Gasteiger partial charge < -0.3 is 9.47 Å². The van der Waals surface area contributed by atoms with Gasteiger partial charge in [-0.3, -0.25) is 19.8 Å². The number of aryl methyl sites for hydroxylation is 1. The minimum Gasteiger partial charge on any atom is -0.467 e. The maximum absolute atomic E-state index is 12.3. The number of esters is 1. The first-order chi connectivity index (χ1) is 10.3. The zero-order valence-electron chi connectivity index (χ0n) is 12.9. The summed E-state index contributed by atoms with van der Waals surface area (Å²) < 4.78 is 9.44. The maximum atomic E-state index is 12.3.